The van der Waals surface area contributed by atoms with E-state index in [-0.39, 0.29) is 5.91 Å². The molecule has 24 heavy (non-hydrogen) atoms. The number of para-hydroxylation sites is 1. The summed E-state index contributed by atoms with van der Waals surface area (Å²) in [4.78, 5) is 14.7. The molecule has 1 amide bonds. The van der Waals surface area contributed by atoms with Gasteiger partial charge in [0.05, 0.1) is 0 Å². The van der Waals surface area contributed by atoms with E-state index in [0.717, 1.165) is 42.8 Å². The number of amides is 1. The first kappa shape index (κ1) is 16.5. The molecular formula is C20H24N2O2. The Bertz CT molecular complexity index is 655. The van der Waals surface area contributed by atoms with Crippen LogP contribution < -0.4 is 10.1 Å². The molecule has 2 aromatic rings. The number of nitrogens with one attached hydrogen (secondary N) is 1. The van der Waals surface area contributed by atoms with Crippen molar-refractivity contribution in [1.29, 1.82) is 0 Å². The number of hydrogen-bond donors (Lipinski definition) is 1. The van der Waals surface area contributed by atoms with Crippen molar-refractivity contribution in [2.45, 2.75) is 25.5 Å². The zero-order valence-electron chi connectivity index (χ0n) is 14.1. The number of likely N-dealkylation sites (N-methyl/N-ethyl adjacent to an activating group) is 1. The third-order valence-electron chi connectivity index (χ3n) is 4.43. The van der Waals surface area contributed by atoms with Gasteiger partial charge in [-0.15, -0.1) is 0 Å². The lowest BCUT2D eigenvalue weighted by atomic mass is 10.1. The van der Waals surface area contributed by atoms with E-state index in [1.54, 1.807) is 0 Å². The van der Waals surface area contributed by atoms with E-state index in [1.807, 2.05) is 66.5 Å². The topological polar surface area (TPSA) is 41.6 Å². The number of hydrogen-bond acceptors (Lipinski definition) is 3. The fourth-order valence-electron chi connectivity index (χ4n) is 3.14. The van der Waals surface area contributed by atoms with Crippen LogP contribution in [0.2, 0.25) is 0 Å². The monoisotopic (exact) mass is 324 g/mol. The summed E-state index contributed by atoms with van der Waals surface area (Å²) in [5, 5.41) is 3.18. The van der Waals surface area contributed by atoms with E-state index >= 15 is 0 Å². The average molecular weight is 324 g/mol. The standard InChI is InChI=1S/C20H24N2O2/c1-21-14-18-6-5-13-22(18)20(23)17-11-9-16(10-12-17)15-24-19-7-3-2-4-8-19/h2-4,7-12,18,21H,5-6,13-15H2,1H3. The van der Waals surface area contributed by atoms with Gasteiger partial charge in [0.1, 0.15) is 12.4 Å². The number of ether oxygens (including phenoxy) is 1. The lowest BCUT2D eigenvalue weighted by Gasteiger charge is -2.24. The van der Waals surface area contributed by atoms with Crippen molar-refractivity contribution in [3.8, 4) is 5.75 Å². The van der Waals surface area contributed by atoms with Crippen molar-refractivity contribution < 1.29 is 9.53 Å². The van der Waals surface area contributed by atoms with Crippen LogP contribution in [0.5, 0.6) is 5.75 Å². The van der Waals surface area contributed by atoms with Gasteiger partial charge in [0.2, 0.25) is 0 Å². The minimum atomic E-state index is 0.128. The molecule has 0 aromatic heterocycles. The van der Waals surface area contributed by atoms with Crippen molar-refractivity contribution in [1.82, 2.24) is 10.2 Å². The lowest BCUT2D eigenvalue weighted by molar-refractivity contribution is 0.0737. The molecule has 1 heterocycles. The van der Waals surface area contributed by atoms with Crippen molar-refractivity contribution in [3.63, 3.8) is 0 Å². The maximum atomic E-state index is 12.7. The smallest absolute Gasteiger partial charge is 0.254 e. The van der Waals surface area contributed by atoms with E-state index in [0.29, 0.717) is 12.6 Å². The van der Waals surface area contributed by atoms with Gasteiger partial charge in [0.15, 0.2) is 0 Å². The summed E-state index contributed by atoms with van der Waals surface area (Å²) in [7, 11) is 1.93. The molecule has 0 radical (unpaired) electrons. The molecule has 1 N–H and O–H groups in total. The molecular weight excluding hydrogens is 300 g/mol. The van der Waals surface area contributed by atoms with Crippen LogP contribution >= 0.6 is 0 Å². The first-order valence-electron chi connectivity index (χ1n) is 8.50. The van der Waals surface area contributed by atoms with E-state index in [4.69, 9.17) is 4.74 Å². The van der Waals surface area contributed by atoms with Crippen molar-refractivity contribution >= 4 is 5.91 Å². The van der Waals surface area contributed by atoms with E-state index in [9.17, 15) is 4.79 Å². The zero-order chi connectivity index (χ0) is 16.8. The Morgan fingerprint density at radius 3 is 2.62 bits per heavy atom. The van der Waals surface area contributed by atoms with Crippen LogP contribution in [-0.4, -0.2) is 37.0 Å². The highest BCUT2D eigenvalue weighted by molar-refractivity contribution is 5.94. The quantitative estimate of drug-likeness (QED) is 0.888. The minimum absolute atomic E-state index is 0.128. The van der Waals surface area contributed by atoms with Gasteiger partial charge in [-0.1, -0.05) is 30.3 Å². The second kappa shape index (κ2) is 7.97. The summed E-state index contributed by atoms with van der Waals surface area (Å²) in [5.74, 6) is 0.980. The Morgan fingerprint density at radius 2 is 1.92 bits per heavy atom. The Hall–Kier alpha value is -2.33. The van der Waals surface area contributed by atoms with E-state index < -0.39 is 0 Å². The summed E-state index contributed by atoms with van der Waals surface area (Å²) in [6, 6.07) is 17.8. The average Bonchev–Trinajstić information content (AvgIpc) is 3.09. The molecule has 1 saturated heterocycles. The molecule has 1 fully saturated rings. The van der Waals surface area contributed by atoms with Crippen LogP contribution in [0, 0.1) is 0 Å². The summed E-state index contributed by atoms with van der Waals surface area (Å²) >= 11 is 0. The van der Waals surface area contributed by atoms with Crippen LogP contribution in [0.3, 0.4) is 0 Å². The van der Waals surface area contributed by atoms with Crippen LogP contribution in [0.4, 0.5) is 0 Å². The Morgan fingerprint density at radius 1 is 1.17 bits per heavy atom. The predicted molar refractivity (Wildman–Crippen MR) is 95.2 cm³/mol. The van der Waals surface area contributed by atoms with E-state index in [1.165, 1.54) is 0 Å². The Labute approximate surface area is 143 Å². The van der Waals surface area contributed by atoms with Crippen molar-refractivity contribution in [2.75, 3.05) is 20.1 Å². The van der Waals surface area contributed by atoms with Crippen LogP contribution in [-0.2, 0) is 6.61 Å². The third-order valence-corrected chi connectivity index (χ3v) is 4.43. The van der Waals surface area contributed by atoms with Crippen molar-refractivity contribution in [3.05, 3.63) is 65.7 Å². The molecule has 0 saturated carbocycles. The van der Waals surface area contributed by atoms with Crippen LogP contribution in [0.1, 0.15) is 28.8 Å². The van der Waals surface area contributed by atoms with Crippen molar-refractivity contribution in [2.24, 2.45) is 0 Å². The first-order chi connectivity index (χ1) is 11.8. The molecule has 4 heteroatoms. The van der Waals surface area contributed by atoms with Gasteiger partial charge >= 0.3 is 0 Å². The van der Waals surface area contributed by atoms with Crippen LogP contribution in [0.15, 0.2) is 54.6 Å². The highest BCUT2D eigenvalue weighted by Crippen LogP contribution is 2.20. The summed E-state index contributed by atoms with van der Waals surface area (Å²) in [6.45, 7) is 2.21. The SMILES string of the molecule is CNCC1CCCN1C(=O)c1ccc(COc2ccccc2)cc1. The summed E-state index contributed by atoms with van der Waals surface area (Å²) < 4.78 is 5.74. The number of likely N-dealkylation sites (tertiary alicyclic amines) is 1. The molecule has 1 atom stereocenters. The maximum Gasteiger partial charge on any atom is 0.254 e. The molecule has 1 aliphatic heterocycles. The normalized spacial score (nSPS) is 17.0. The number of rotatable bonds is 6. The number of carbonyl (C=O) groups excluding carboxylic acids is 1. The molecule has 0 aliphatic carbocycles. The maximum absolute atomic E-state index is 12.7. The minimum Gasteiger partial charge on any atom is -0.489 e. The lowest BCUT2D eigenvalue weighted by Crippen LogP contribution is -2.40. The van der Waals surface area contributed by atoms with Gasteiger partial charge in [-0.3, -0.25) is 4.79 Å². The number of benzene rings is 2. The van der Waals surface area contributed by atoms with Gasteiger partial charge in [-0.2, -0.15) is 0 Å². The molecule has 0 bridgehead atoms. The number of carbonyl (C=O) groups is 1. The molecule has 1 unspecified atom stereocenters. The predicted octanol–water partition coefficient (Wildman–Crippen LogP) is 3.09. The molecule has 2 aromatic carbocycles. The Kier molecular flexibility index (Phi) is 5.49. The van der Waals surface area contributed by atoms with Gasteiger partial charge in [-0.05, 0) is 49.7 Å². The third kappa shape index (κ3) is 3.95. The molecule has 4 nitrogen and oxygen atoms in total. The summed E-state index contributed by atoms with van der Waals surface area (Å²) in [5.41, 5.74) is 1.81. The highest BCUT2D eigenvalue weighted by Gasteiger charge is 2.28. The zero-order valence-corrected chi connectivity index (χ0v) is 14.1. The molecule has 1 aliphatic rings. The van der Waals surface area contributed by atoms with Gasteiger partial charge in [0.25, 0.3) is 5.91 Å². The first-order valence-corrected chi connectivity index (χ1v) is 8.50. The highest BCUT2D eigenvalue weighted by atomic mass is 16.5. The molecule has 126 valence electrons. The van der Waals surface area contributed by atoms with Gasteiger partial charge in [0, 0.05) is 24.7 Å². The Balaban J connectivity index is 1.60. The van der Waals surface area contributed by atoms with Gasteiger partial charge < -0.3 is 15.0 Å². The largest absolute Gasteiger partial charge is 0.489 e. The fraction of sp³-hybridized carbons (Fsp3) is 0.350. The van der Waals surface area contributed by atoms with E-state index in [2.05, 4.69) is 5.32 Å². The number of nitrogens with zero attached hydrogens (tertiary/aromatic N) is 1. The second-order valence-electron chi connectivity index (χ2n) is 6.15. The van der Waals surface area contributed by atoms with Gasteiger partial charge in [-0.25, -0.2) is 0 Å². The van der Waals surface area contributed by atoms with Crippen LogP contribution in [0.25, 0.3) is 0 Å². The molecule has 0 spiro atoms. The fourth-order valence-corrected chi connectivity index (χ4v) is 3.14. The summed E-state index contributed by atoms with van der Waals surface area (Å²) in [6.07, 6.45) is 2.16. The second-order valence-corrected chi connectivity index (χ2v) is 6.15. The molecule has 3 rings (SSSR count).